The molecule has 0 spiro atoms. The number of nitrogens with one attached hydrogen (secondary N) is 1. The van der Waals surface area contributed by atoms with Crippen LogP contribution in [0.2, 0.25) is 0 Å². The Labute approximate surface area is 211 Å². The molecule has 7 heteroatoms. The fourth-order valence-electron chi connectivity index (χ4n) is 6.64. The number of ether oxygens (including phenoxy) is 2. The third kappa shape index (κ3) is 5.01. The number of amides is 1. The van der Waals surface area contributed by atoms with Crippen LogP contribution < -0.4 is 5.32 Å². The van der Waals surface area contributed by atoms with Gasteiger partial charge in [0.15, 0.2) is 0 Å². The van der Waals surface area contributed by atoms with Gasteiger partial charge in [0.05, 0.1) is 18.2 Å². The molecule has 1 saturated heterocycles. The van der Waals surface area contributed by atoms with Gasteiger partial charge in [0, 0.05) is 23.7 Å². The maximum absolute atomic E-state index is 13.6. The molecule has 2 saturated carbocycles. The summed E-state index contributed by atoms with van der Waals surface area (Å²) in [4.78, 5) is 29.2. The first-order valence-corrected chi connectivity index (χ1v) is 13.0. The van der Waals surface area contributed by atoms with E-state index in [1.807, 2.05) is 31.2 Å². The highest BCUT2D eigenvalue weighted by Gasteiger charge is 2.54. The minimum Gasteiger partial charge on any atom is -0.462 e. The normalized spacial score (nSPS) is 31.4. The number of alkyl carbamates (subject to hydrolysis) is 1. The van der Waals surface area contributed by atoms with Gasteiger partial charge in [0.1, 0.15) is 11.9 Å². The van der Waals surface area contributed by atoms with Gasteiger partial charge in [-0.1, -0.05) is 24.3 Å². The van der Waals surface area contributed by atoms with E-state index in [4.69, 9.17) is 9.47 Å². The molecule has 2 aromatic rings. The molecule has 3 aliphatic rings. The zero-order valence-corrected chi connectivity index (χ0v) is 20.7. The molecule has 1 aromatic heterocycles. The van der Waals surface area contributed by atoms with Crippen molar-refractivity contribution in [2.45, 2.75) is 51.7 Å². The molecule has 36 heavy (non-hydrogen) atoms. The summed E-state index contributed by atoms with van der Waals surface area (Å²) in [5.41, 5.74) is 2.48. The molecule has 1 aromatic carbocycles. The topological polar surface area (TPSA) is 77.5 Å². The van der Waals surface area contributed by atoms with Gasteiger partial charge in [0.2, 0.25) is 0 Å². The molecule has 2 aliphatic carbocycles. The number of cyclic esters (lactones) is 1. The van der Waals surface area contributed by atoms with E-state index in [-0.39, 0.29) is 47.8 Å². The standard InChI is InChI=1S/C29H33FN2O4/c1-3-35-29(34)32-23-10-11-24-20(14-23)15-26-27(17(2)36-28(26)33)25(24)12-9-22-8-7-19(16-31-22)18-5-4-6-21(30)13-18/h4-9,12-13,16-17,20,23-27H,3,10-11,14-15H2,1-2H3,(H,32,34)/b12-9+/t17-,20-,23-,24-,25-,26-,27-/m1/s1. The van der Waals surface area contributed by atoms with Crippen LogP contribution in [0.1, 0.15) is 45.2 Å². The lowest BCUT2D eigenvalue weighted by Crippen LogP contribution is -2.48. The van der Waals surface area contributed by atoms with Gasteiger partial charge in [-0.05, 0) is 87.1 Å². The highest BCUT2D eigenvalue weighted by atomic mass is 19.1. The van der Waals surface area contributed by atoms with Crippen LogP contribution in [0.25, 0.3) is 17.2 Å². The summed E-state index contributed by atoms with van der Waals surface area (Å²) in [6.07, 6.45) is 9.07. The Morgan fingerprint density at radius 3 is 2.83 bits per heavy atom. The van der Waals surface area contributed by atoms with Crippen molar-refractivity contribution in [2.75, 3.05) is 6.61 Å². The molecule has 1 N–H and O–H groups in total. The van der Waals surface area contributed by atoms with Gasteiger partial charge in [-0.25, -0.2) is 9.18 Å². The lowest BCUT2D eigenvalue weighted by molar-refractivity contribution is -0.144. The van der Waals surface area contributed by atoms with Crippen molar-refractivity contribution in [3.05, 3.63) is 60.2 Å². The predicted molar refractivity (Wildman–Crippen MR) is 134 cm³/mol. The highest BCUT2D eigenvalue weighted by molar-refractivity contribution is 5.75. The quantitative estimate of drug-likeness (QED) is 0.548. The number of carbonyl (C=O) groups excluding carboxylic acids is 2. The lowest BCUT2D eigenvalue weighted by Gasteiger charge is -2.47. The second kappa shape index (κ2) is 10.4. The number of hydrogen-bond donors (Lipinski definition) is 1. The summed E-state index contributed by atoms with van der Waals surface area (Å²) in [5.74, 6) is 0.629. The van der Waals surface area contributed by atoms with E-state index in [0.717, 1.165) is 42.5 Å². The van der Waals surface area contributed by atoms with Crippen LogP contribution in [-0.2, 0) is 14.3 Å². The Kier molecular flexibility index (Phi) is 7.08. The minimum absolute atomic E-state index is 0.0679. The maximum Gasteiger partial charge on any atom is 0.407 e. The number of esters is 1. The molecule has 190 valence electrons. The fraction of sp³-hybridized carbons (Fsp3) is 0.483. The van der Waals surface area contributed by atoms with Crippen LogP contribution in [0.5, 0.6) is 0 Å². The third-order valence-corrected chi connectivity index (χ3v) is 8.18. The smallest absolute Gasteiger partial charge is 0.407 e. The second-order valence-corrected chi connectivity index (χ2v) is 10.3. The average molecular weight is 493 g/mol. The summed E-state index contributed by atoms with van der Waals surface area (Å²) in [6.45, 7) is 4.15. The predicted octanol–water partition coefficient (Wildman–Crippen LogP) is 5.63. The summed E-state index contributed by atoms with van der Waals surface area (Å²) in [7, 11) is 0. The molecule has 2 heterocycles. The summed E-state index contributed by atoms with van der Waals surface area (Å²) in [5, 5.41) is 3.00. The Hall–Kier alpha value is -3.22. The van der Waals surface area contributed by atoms with Crippen molar-refractivity contribution in [3.63, 3.8) is 0 Å². The van der Waals surface area contributed by atoms with Crippen molar-refractivity contribution in [3.8, 4) is 11.1 Å². The van der Waals surface area contributed by atoms with Gasteiger partial charge < -0.3 is 14.8 Å². The number of rotatable bonds is 5. The molecular weight excluding hydrogens is 459 g/mol. The zero-order valence-electron chi connectivity index (χ0n) is 20.7. The van der Waals surface area contributed by atoms with Crippen LogP contribution in [0.4, 0.5) is 9.18 Å². The monoisotopic (exact) mass is 492 g/mol. The summed E-state index contributed by atoms with van der Waals surface area (Å²) < 4.78 is 24.3. The molecule has 6 nitrogen and oxygen atoms in total. The van der Waals surface area contributed by atoms with E-state index in [0.29, 0.717) is 18.4 Å². The molecule has 3 fully saturated rings. The Balaban J connectivity index is 1.34. The van der Waals surface area contributed by atoms with Gasteiger partial charge in [-0.3, -0.25) is 9.78 Å². The van der Waals surface area contributed by atoms with Gasteiger partial charge >= 0.3 is 12.1 Å². The van der Waals surface area contributed by atoms with E-state index < -0.39 is 0 Å². The average Bonchev–Trinajstić information content (AvgIpc) is 3.15. The van der Waals surface area contributed by atoms with Gasteiger partial charge in [0.25, 0.3) is 0 Å². The number of hydrogen-bond acceptors (Lipinski definition) is 5. The molecule has 0 unspecified atom stereocenters. The van der Waals surface area contributed by atoms with Crippen LogP contribution >= 0.6 is 0 Å². The first kappa shape index (κ1) is 24.5. The van der Waals surface area contributed by atoms with Crippen molar-refractivity contribution in [1.29, 1.82) is 0 Å². The largest absolute Gasteiger partial charge is 0.462 e. The molecule has 1 amide bonds. The van der Waals surface area contributed by atoms with Crippen LogP contribution in [0.3, 0.4) is 0 Å². The van der Waals surface area contributed by atoms with Crippen LogP contribution in [0, 0.1) is 35.4 Å². The van der Waals surface area contributed by atoms with Gasteiger partial charge in [-0.2, -0.15) is 0 Å². The van der Waals surface area contributed by atoms with Crippen molar-refractivity contribution in [2.24, 2.45) is 29.6 Å². The number of pyridine rings is 1. The fourth-order valence-corrected chi connectivity index (χ4v) is 6.64. The van der Waals surface area contributed by atoms with Crippen LogP contribution in [-0.4, -0.2) is 35.8 Å². The summed E-state index contributed by atoms with van der Waals surface area (Å²) in [6, 6.07) is 10.4. The first-order chi connectivity index (χ1) is 17.4. The first-order valence-electron chi connectivity index (χ1n) is 13.0. The molecule has 0 radical (unpaired) electrons. The number of halogens is 1. The Morgan fingerprint density at radius 2 is 2.08 bits per heavy atom. The third-order valence-electron chi connectivity index (χ3n) is 8.18. The second-order valence-electron chi connectivity index (χ2n) is 10.3. The SMILES string of the molecule is CCOC(=O)N[C@@H]1CC[C@@H]2[C@H](C1)C[C@H]1C(=O)O[C@H](C)[C@@H]1[C@@H]2/C=C/c1ccc(-c2cccc(F)c2)cn1. The summed E-state index contributed by atoms with van der Waals surface area (Å²) >= 11 is 0. The van der Waals surface area contributed by atoms with E-state index in [1.165, 1.54) is 12.1 Å². The zero-order chi connectivity index (χ0) is 25.2. The molecule has 1 aliphatic heterocycles. The Morgan fingerprint density at radius 1 is 1.22 bits per heavy atom. The molecule has 0 bridgehead atoms. The van der Waals surface area contributed by atoms with Crippen molar-refractivity contribution >= 4 is 18.1 Å². The van der Waals surface area contributed by atoms with E-state index in [1.54, 1.807) is 19.2 Å². The van der Waals surface area contributed by atoms with Crippen molar-refractivity contribution < 1.29 is 23.5 Å². The van der Waals surface area contributed by atoms with E-state index in [2.05, 4.69) is 16.4 Å². The maximum atomic E-state index is 13.6. The number of carbonyl (C=O) groups is 2. The minimum atomic E-state index is -0.368. The van der Waals surface area contributed by atoms with Gasteiger partial charge in [-0.15, -0.1) is 0 Å². The number of allylic oxidation sites excluding steroid dienone is 1. The molecule has 5 rings (SSSR count). The lowest BCUT2D eigenvalue weighted by atomic mass is 9.57. The number of aromatic nitrogens is 1. The number of benzene rings is 1. The van der Waals surface area contributed by atoms with Crippen molar-refractivity contribution in [1.82, 2.24) is 10.3 Å². The Bertz CT molecular complexity index is 1130. The number of fused-ring (bicyclic) bond motifs is 2. The van der Waals surface area contributed by atoms with E-state index >= 15 is 0 Å². The number of nitrogens with zero attached hydrogens (tertiary/aromatic N) is 1. The van der Waals surface area contributed by atoms with Crippen LogP contribution in [0.15, 0.2) is 48.7 Å². The van der Waals surface area contributed by atoms with E-state index in [9.17, 15) is 14.0 Å². The highest BCUT2D eigenvalue weighted by Crippen LogP contribution is 2.53. The molecular formula is C29H33FN2O4. The molecule has 7 atom stereocenters.